The molecule has 3 rings (SSSR count). The lowest BCUT2D eigenvalue weighted by Crippen LogP contribution is -2.36. The summed E-state index contributed by atoms with van der Waals surface area (Å²) in [4.78, 5) is 2.59. The van der Waals surface area contributed by atoms with Crippen molar-refractivity contribution in [1.82, 2.24) is 4.90 Å². The third kappa shape index (κ3) is 6.14. The zero-order valence-electron chi connectivity index (χ0n) is 18.6. The summed E-state index contributed by atoms with van der Waals surface area (Å²) in [5.41, 5.74) is 3.47. The van der Waals surface area contributed by atoms with E-state index in [1.165, 1.54) is 11.1 Å². The molecule has 0 N–H and O–H groups in total. The van der Waals surface area contributed by atoms with E-state index in [1.807, 2.05) is 12.1 Å². The number of likely N-dealkylation sites (N-methyl/N-ethyl adjacent to an activating group) is 1. The number of halogens is 2. The summed E-state index contributed by atoms with van der Waals surface area (Å²) in [6, 6.07) is 19.3. The molecule has 0 amide bonds. The first-order chi connectivity index (χ1) is 14.6. The molecule has 1 nitrogen and oxygen atoms in total. The molecule has 1 saturated carbocycles. The second-order valence-electron chi connectivity index (χ2n) is 8.70. The highest BCUT2D eigenvalue weighted by Gasteiger charge is 2.34. The molecule has 0 aromatic heterocycles. The standard InChI is InChI=1S/C27H37F2N/c1-3-24(30(4-2)20-19-21-9-6-5-7-10-21)18-15-22-13-16-23(17-14-22)27-25(28)11-8-12-26(27)29/h5-7,9-10,13-14,16-17,24-27H,3-4,8,11-12,15,18-20H2,1-2H3. The molecule has 30 heavy (non-hydrogen) atoms. The molecule has 1 aliphatic carbocycles. The zero-order chi connectivity index (χ0) is 21.3. The van der Waals surface area contributed by atoms with E-state index >= 15 is 0 Å². The van der Waals surface area contributed by atoms with Gasteiger partial charge in [0.2, 0.25) is 0 Å². The molecule has 0 aliphatic heterocycles. The van der Waals surface area contributed by atoms with E-state index in [0.717, 1.165) is 44.3 Å². The van der Waals surface area contributed by atoms with E-state index in [1.54, 1.807) is 0 Å². The second-order valence-corrected chi connectivity index (χ2v) is 8.70. The van der Waals surface area contributed by atoms with Crippen molar-refractivity contribution in [3.63, 3.8) is 0 Å². The molecule has 0 radical (unpaired) electrons. The van der Waals surface area contributed by atoms with Gasteiger partial charge in [0.15, 0.2) is 0 Å². The Hall–Kier alpha value is -1.74. The second kappa shape index (κ2) is 11.6. The van der Waals surface area contributed by atoms with Crippen molar-refractivity contribution in [3.05, 3.63) is 71.3 Å². The van der Waals surface area contributed by atoms with Crippen LogP contribution < -0.4 is 0 Å². The average Bonchev–Trinajstić information content (AvgIpc) is 2.77. The van der Waals surface area contributed by atoms with Crippen LogP contribution in [0.25, 0.3) is 0 Å². The van der Waals surface area contributed by atoms with Gasteiger partial charge in [0, 0.05) is 18.5 Å². The maximum atomic E-state index is 14.3. The number of rotatable bonds is 10. The van der Waals surface area contributed by atoms with Gasteiger partial charge in [-0.25, -0.2) is 8.78 Å². The summed E-state index contributed by atoms with van der Waals surface area (Å²) in [7, 11) is 0. The summed E-state index contributed by atoms with van der Waals surface area (Å²) >= 11 is 0. The molecule has 164 valence electrons. The van der Waals surface area contributed by atoms with Crippen molar-refractivity contribution in [2.75, 3.05) is 13.1 Å². The van der Waals surface area contributed by atoms with Gasteiger partial charge in [0.1, 0.15) is 12.3 Å². The molecule has 2 aromatic carbocycles. The van der Waals surface area contributed by atoms with Gasteiger partial charge in [0.25, 0.3) is 0 Å². The van der Waals surface area contributed by atoms with Crippen LogP contribution in [0, 0.1) is 0 Å². The van der Waals surface area contributed by atoms with Crippen molar-refractivity contribution in [2.24, 2.45) is 0 Å². The van der Waals surface area contributed by atoms with E-state index in [-0.39, 0.29) is 0 Å². The molecule has 3 atom stereocenters. The monoisotopic (exact) mass is 413 g/mol. The highest BCUT2D eigenvalue weighted by molar-refractivity contribution is 5.28. The lowest BCUT2D eigenvalue weighted by atomic mass is 9.81. The molecule has 1 aliphatic rings. The fourth-order valence-corrected chi connectivity index (χ4v) is 4.91. The smallest absolute Gasteiger partial charge is 0.110 e. The van der Waals surface area contributed by atoms with Gasteiger partial charge in [-0.2, -0.15) is 0 Å². The van der Waals surface area contributed by atoms with Crippen LogP contribution >= 0.6 is 0 Å². The summed E-state index contributed by atoms with van der Waals surface area (Å²) in [6.07, 6.45) is 3.86. The van der Waals surface area contributed by atoms with Crippen LogP contribution in [0.2, 0.25) is 0 Å². The first-order valence-electron chi connectivity index (χ1n) is 11.8. The summed E-state index contributed by atoms with van der Waals surface area (Å²) in [5.74, 6) is -0.579. The topological polar surface area (TPSA) is 3.24 Å². The minimum atomic E-state index is -1.05. The Kier molecular flexibility index (Phi) is 8.87. The first kappa shape index (κ1) is 22.9. The number of nitrogens with zero attached hydrogens (tertiary/aromatic N) is 1. The average molecular weight is 414 g/mol. The number of hydrogen-bond acceptors (Lipinski definition) is 1. The molecule has 0 bridgehead atoms. The maximum absolute atomic E-state index is 14.3. The Morgan fingerprint density at radius 3 is 2.10 bits per heavy atom. The van der Waals surface area contributed by atoms with Crippen LogP contribution in [0.5, 0.6) is 0 Å². The molecule has 2 aromatic rings. The van der Waals surface area contributed by atoms with Gasteiger partial charge in [-0.1, -0.05) is 68.4 Å². The summed E-state index contributed by atoms with van der Waals surface area (Å²) in [6.45, 7) is 6.65. The molecule has 0 heterocycles. The predicted octanol–water partition coefficient (Wildman–Crippen LogP) is 6.91. The molecular weight excluding hydrogens is 376 g/mol. The Balaban J connectivity index is 1.54. The van der Waals surface area contributed by atoms with Crippen LogP contribution in [0.4, 0.5) is 8.78 Å². The third-order valence-electron chi connectivity index (χ3n) is 6.79. The van der Waals surface area contributed by atoms with Gasteiger partial charge < -0.3 is 4.90 Å². The van der Waals surface area contributed by atoms with Crippen LogP contribution in [0.3, 0.4) is 0 Å². The number of benzene rings is 2. The fourth-order valence-electron chi connectivity index (χ4n) is 4.91. The number of hydrogen-bond donors (Lipinski definition) is 0. The summed E-state index contributed by atoms with van der Waals surface area (Å²) < 4.78 is 28.5. The Morgan fingerprint density at radius 2 is 1.50 bits per heavy atom. The Bertz CT molecular complexity index is 720. The molecular formula is C27H37F2N. The van der Waals surface area contributed by atoms with Crippen LogP contribution in [-0.2, 0) is 12.8 Å². The van der Waals surface area contributed by atoms with Crippen molar-refractivity contribution in [1.29, 1.82) is 0 Å². The minimum absolute atomic E-state index is 0.487. The van der Waals surface area contributed by atoms with Gasteiger partial charge in [-0.3, -0.25) is 0 Å². The van der Waals surface area contributed by atoms with Gasteiger partial charge in [-0.15, -0.1) is 0 Å². The Morgan fingerprint density at radius 1 is 0.867 bits per heavy atom. The van der Waals surface area contributed by atoms with Gasteiger partial charge in [-0.05, 0) is 68.2 Å². The third-order valence-corrected chi connectivity index (χ3v) is 6.79. The van der Waals surface area contributed by atoms with Crippen LogP contribution in [-0.4, -0.2) is 36.4 Å². The van der Waals surface area contributed by atoms with Crippen molar-refractivity contribution >= 4 is 0 Å². The highest BCUT2D eigenvalue weighted by atomic mass is 19.1. The van der Waals surface area contributed by atoms with E-state index in [4.69, 9.17) is 0 Å². The van der Waals surface area contributed by atoms with E-state index in [0.29, 0.717) is 25.3 Å². The van der Waals surface area contributed by atoms with Crippen molar-refractivity contribution < 1.29 is 8.78 Å². The quantitative estimate of drug-likeness (QED) is 0.409. The van der Waals surface area contributed by atoms with Crippen LogP contribution in [0.15, 0.2) is 54.6 Å². The largest absolute Gasteiger partial charge is 0.300 e. The zero-order valence-corrected chi connectivity index (χ0v) is 18.6. The van der Waals surface area contributed by atoms with Crippen molar-refractivity contribution in [3.8, 4) is 0 Å². The SMILES string of the molecule is CCC(CCc1ccc(C2C(F)CCCC2F)cc1)N(CC)CCc1ccccc1. The molecule has 3 heteroatoms. The fraction of sp³-hybridized carbons (Fsp3) is 0.556. The lowest BCUT2D eigenvalue weighted by Gasteiger charge is -2.31. The molecule has 1 fully saturated rings. The van der Waals surface area contributed by atoms with Crippen molar-refractivity contribution in [2.45, 2.75) is 83.1 Å². The maximum Gasteiger partial charge on any atom is 0.110 e. The Labute approximate surface area is 181 Å². The minimum Gasteiger partial charge on any atom is -0.300 e. The van der Waals surface area contributed by atoms with E-state index in [2.05, 4.69) is 61.2 Å². The highest BCUT2D eigenvalue weighted by Crippen LogP contribution is 2.37. The molecule has 3 unspecified atom stereocenters. The predicted molar refractivity (Wildman–Crippen MR) is 123 cm³/mol. The molecule has 0 spiro atoms. The van der Waals surface area contributed by atoms with Crippen LogP contribution in [0.1, 0.15) is 68.6 Å². The van der Waals surface area contributed by atoms with Gasteiger partial charge >= 0.3 is 0 Å². The number of alkyl halides is 2. The van der Waals surface area contributed by atoms with E-state index < -0.39 is 18.3 Å². The first-order valence-corrected chi connectivity index (χ1v) is 11.8. The molecule has 0 saturated heterocycles. The lowest BCUT2D eigenvalue weighted by molar-refractivity contribution is 0.124. The van der Waals surface area contributed by atoms with Gasteiger partial charge in [0.05, 0.1) is 0 Å². The number of aryl methyl sites for hydroxylation is 1. The normalized spacial score (nSPS) is 22.9. The summed E-state index contributed by atoms with van der Waals surface area (Å²) in [5, 5.41) is 0. The van der Waals surface area contributed by atoms with E-state index in [9.17, 15) is 8.78 Å².